The molecule has 1 unspecified atom stereocenters. The normalized spacial score (nSPS) is 18.5. The van der Waals surface area contributed by atoms with Crippen LogP contribution < -0.4 is 15.8 Å². The lowest BCUT2D eigenvalue weighted by Crippen LogP contribution is -2.24. The van der Waals surface area contributed by atoms with Crippen LogP contribution in [0.3, 0.4) is 0 Å². The molecule has 0 saturated carbocycles. The van der Waals surface area contributed by atoms with Crippen molar-refractivity contribution >= 4 is 11.6 Å². The van der Waals surface area contributed by atoms with Gasteiger partial charge in [-0.05, 0) is 30.9 Å². The number of nitrogens with two attached hydrogens (primary N) is 1. The van der Waals surface area contributed by atoms with Crippen LogP contribution in [-0.4, -0.2) is 32.3 Å². The monoisotopic (exact) mass is 278 g/mol. The number of benzene rings is 1. The van der Waals surface area contributed by atoms with Crippen molar-refractivity contribution in [2.45, 2.75) is 19.3 Å². The molecule has 3 N–H and O–H groups in total. The lowest BCUT2D eigenvalue weighted by atomic mass is 10.0. The van der Waals surface area contributed by atoms with Gasteiger partial charge in [-0.3, -0.25) is 4.79 Å². The Balaban J connectivity index is 1.84. The van der Waals surface area contributed by atoms with E-state index in [-0.39, 0.29) is 12.3 Å². The van der Waals surface area contributed by atoms with Crippen LogP contribution in [0.2, 0.25) is 0 Å². The summed E-state index contributed by atoms with van der Waals surface area (Å²) in [4.78, 5) is 10.7. The molecule has 1 aromatic rings. The van der Waals surface area contributed by atoms with Gasteiger partial charge >= 0.3 is 0 Å². The largest absolute Gasteiger partial charge is 0.491 e. The zero-order valence-corrected chi connectivity index (χ0v) is 11.6. The fraction of sp³-hybridized carbons (Fsp3) is 0.533. The Morgan fingerprint density at radius 1 is 1.45 bits per heavy atom. The molecular weight excluding hydrogens is 256 g/mol. The van der Waals surface area contributed by atoms with Crippen molar-refractivity contribution < 1.29 is 14.3 Å². The molecule has 1 saturated heterocycles. The van der Waals surface area contributed by atoms with Gasteiger partial charge < -0.3 is 20.5 Å². The predicted molar refractivity (Wildman–Crippen MR) is 77.8 cm³/mol. The smallest absolute Gasteiger partial charge is 0.220 e. The van der Waals surface area contributed by atoms with E-state index < -0.39 is 0 Å². The Hall–Kier alpha value is -1.75. The average Bonchev–Trinajstić information content (AvgIpc) is 2.47. The molecule has 1 atom stereocenters. The first-order valence-corrected chi connectivity index (χ1v) is 7.07. The molecule has 20 heavy (non-hydrogen) atoms. The van der Waals surface area contributed by atoms with Gasteiger partial charge in [-0.2, -0.15) is 0 Å². The number of hydrogen-bond acceptors (Lipinski definition) is 4. The highest BCUT2D eigenvalue weighted by Crippen LogP contribution is 2.25. The van der Waals surface area contributed by atoms with E-state index in [1.807, 2.05) is 24.3 Å². The molecule has 0 spiro atoms. The zero-order chi connectivity index (χ0) is 14.2. The maximum absolute atomic E-state index is 10.7. The van der Waals surface area contributed by atoms with Crippen molar-refractivity contribution in [2.75, 3.05) is 31.7 Å². The second-order valence-corrected chi connectivity index (χ2v) is 5.03. The first-order chi connectivity index (χ1) is 9.75. The lowest BCUT2D eigenvalue weighted by molar-refractivity contribution is -0.118. The second kappa shape index (κ2) is 7.75. The highest BCUT2D eigenvalue weighted by molar-refractivity contribution is 5.73. The van der Waals surface area contributed by atoms with Crippen LogP contribution in [0.15, 0.2) is 24.3 Å². The number of ether oxygens (including phenoxy) is 2. The SMILES string of the molecule is NC(=O)CCOc1ccccc1NCC1CCCOC1. The minimum absolute atomic E-state index is 0.227. The molecule has 1 aliphatic rings. The van der Waals surface area contributed by atoms with E-state index in [2.05, 4.69) is 5.32 Å². The predicted octanol–water partition coefficient (Wildman–Crippen LogP) is 1.78. The van der Waals surface area contributed by atoms with Crippen molar-refractivity contribution in [3.8, 4) is 5.75 Å². The van der Waals surface area contributed by atoms with Crippen molar-refractivity contribution in [3.05, 3.63) is 24.3 Å². The van der Waals surface area contributed by atoms with E-state index in [1.54, 1.807) is 0 Å². The fourth-order valence-corrected chi connectivity index (χ4v) is 2.22. The van der Waals surface area contributed by atoms with Crippen LogP contribution in [0.25, 0.3) is 0 Å². The van der Waals surface area contributed by atoms with Crippen LogP contribution >= 0.6 is 0 Å². The maximum atomic E-state index is 10.7. The van der Waals surface area contributed by atoms with E-state index in [4.69, 9.17) is 15.2 Å². The molecule has 0 radical (unpaired) electrons. The van der Waals surface area contributed by atoms with Crippen LogP contribution in [-0.2, 0) is 9.53 Å². The molecule has 1 aromatic carbocycles. The first kappa shape index (κ1) is 14.7. The van der Waals surface area contributed by atoms with E-state index >= 15 is 0 Å². The zero-order valence-electron chi connectivity index (χ0n) is 11.6. The van der Waals surface area contributed by atoms with E-state index in [9.17, 15) is 4.79 Å². The minimum atomic E-state index is -0.352. The number of hydrogen-bond donors (Lipinski definition) is 2. The number of nitrogens with one attached hydrogen (secondary N) is 1. The highest BCUT2D eigenvalue weighted by atomic mass is 16.5. The number of para-hydroxylation sites is 2. The Bertz CT molecular complexity index is 431. The molecule has 2 rings (SSSR count). The van der Waals surface area contributed by atoms with Gasteiger partial charge in [0.05, 0.1) is 25.3 Å². The molecule has 1 heterocycles. The summed E-state index contributed by atoms with van der Waals surface area (Å²) >= 11 is 0. The third kappa shape index (κ3) is 4.74. The standard InChI is InChI=1S/C15H22N2O3/c16-15(18)7-9-20-14-6-2-1-5-13(14)17-10-12-4-3-8-19-11-12/h1-2,5-6,12,17H,3-4,7-11H2,(H2,16,18). The van der Waals surface area contributed by atoms with Crippen molar-refractivity contribution in [1.29, 1.82) is 0 Å². The third-order valence-corrected chi connectivity index (χ3v) is 3.33. The maximum Gasteiger partial charge on any atom is 0.220 e. The Labute approximate surface area is 119 Å². The molecule has 0 bridgehead atoms. The molecule has 0 aromatic heterocycles. The van der Waals surface area contributed by atoms with Crippen molar-refractivity contribution in [2.24, 2.45) is 11.7 Å². The summed E-state index contributed by atoms with van der Waals surface area (Å²) in [5.74, 6) is 0.947. The van der Waals surface area contributed by atoms with Gasteiger partial charge in [-0.15, -0.1) is 0 Å². The molecule has 0 aliphatic carbocycles. The Morgan fingerprint density at radius 2 is 2.30 bits per heavy atom. The quantitative estimate of drug-likeness (QED) is 0.797. The third-order valence-electron chi connectivity index (χ3n) is 3.33. The molecule has 5 heteroatoms. The molecule has 1 aliphatic heterocycles. The number of carbonyl (C=O) groups excluding carboxylic acids is 1. The Morgan fingerprint density at radius 3 is 3.05 bits per heavy atom. The highest BCUT2D eigenvalue weighted by Gasteiger charge is 2.14. The summed E-state index contributed by atoms with van der Waals surface area (Å²) in [6, 6.07) is 7.74. The molecule has 1 amide bonds. The minimum Gasteiger partial charge on any atom is -0.491 e. The molecular formula is C15H22N2O3. The number of amides is 1. The van der Waals surface area contributed by atoms with Gasteiger partial charge in [-0.1, -0.05) is 12.1 Å². The topological polar surface area (TPSA) is 73.6 Å². The number of anilines is 1. The summed E-state index contributed by atoms with van der Waals surface area (Å²) in [5.41, 5.74) is 6.05. The first-order valence-electron chi connectivity index (χ1n) is 7.07. The Kier molecular flexibility index (Phi) is 5.68. The number of rotatable bonds is 7. The van der Waals surface area contributed by atoms with Gasteiger partial charge in [0.1, 0.15) is 5.75 Å². The van der Waals surface area contributed by atoms with Gasteiger partial charge in [0.2, 0.25) is 5.91 Å². The van der Waals surface area contributed by atoms with Gasteiger partial charge in [-0.25, -0.2) is 0 Å². The van der Waals surface area contributed by atoms with Gasteiger partial charge in [0.25, 0.3) is 0 Å². The number of carbonyl (C=O) groups is 1. The lowest BCUT2D eigenvalue weighted by Gasteiger charge is -2.23. The van der Waals surface area contributed by atoms with Crippen molar-refractivity contribution in [3.63, 3.8) is 0 Å². The summed E-state index contributed by atoms with van der Waals surface area (Å²) in [6.07, 6.45) is 2.55. The van der Waals surface area contributed by atoms with Crippen molar-refractivity contribution in [1.82, 2.24) is 0 Å². The fourth-order valence-electron chi connectivity index (χ4n) is 2.22. The molecule has 110 valence electrons. The second-order valence-electron chi connectivity index (χ2n) is 5.03. The molecule has 1 fully saturated rings. The van der Waals surface area contributed by atoms with Crippen LogP contribution in [0.5, 0.6) is 5.75 Å². The van der Waals surface area contributed by atoms with E-state index in [0.29, 0.717) is 12.5 Å². The van der Waals surface area contributed by atoms with Crippen LogP contribution in [0.1, 0.15) is 19.3 Å². The summed E-state index contributed by atoms with van der Waals surface area (Å²) in [6.45, 7) is 2.87. The van der Waals surface area contributed by atoms with Crippen LogP contribution in [0, 0.1) is 5.92 Å². The average molecular weight is 278 g/mol. The van der Waals surface area contributed by atoms with Crippen LogP contribution in [0.4, 0.5) is 5.69 Å². The number of primary amides is 1. The van der Waals surface area contributed by atoms with E-state index in [0.717, 1.165) is 37.6 Å². The summed E-state index contributed by atoms with van der Waals surface area (Å²) < 4.78 is 11.1. The summed E-state index contributed by atoms with van der Waals surface area (Å²) in [7, 11) is 0. The molecule has 5 nitrogen and oxygen atoms in total. The summed E-state index contributed by atoms with van der Waals surface area (Å²) in [5, 5.41) is 3.40. The van der Waals surface area contributed by atoms with E-state index in [1.165, 1.54) is 6.42 Å². The van der Waals surface area contributed by atoms with Gasteiger partial charge in [0.15, 0.2) is 0 Å². The van der Waals surface area contributed by atoms with Gasteiger partial charge in [0, 0.05) is 13.2 Å².